The second kappa shape index (κ2) is 3.14. The van der Waals surface area contributed by atoms with E-state index in [9.17, 15) is 0 Å². The van der Waals surface area contributed by atoms with E-state index in [2.05, 4.69) is 23.4 Å². The van der Waals surface area contributed by atoms with Crippen molar-refractivity contribution in [2.24, 2.45) is 5.73 Å². The summed E-state index contributed by atoms with van der Waals surface area (Å²) in [6.07, 6.45) is 3.67. The molecule has 0 saturated heterocycles. The third-order valence-corrected chi connectivity index (χ3v) is 2.71. The predicted molar refractivity (Wildman–Crippen MR) is 52.5 cm³/mol. The molecular formula is C10H17N3. The number of nitrogens with two attached hydrogens (primary N) is 1. The molecule has 3 nitrogen and oxygen atoms in total. The van der Waals surface area contributed by atoms with Gasteiger partial charge in [-0.1, -0.05) is 6.92 Å². The molecule has 0 aromatic carbocycles. The normalized spacial score (nSPS) is 16.5. The lowest BCUT2D eigenvalue weighted by Gasteiger charge is -2.08. The zero-order valence-corrected chi connectivity index (χ0v) is 8.38. The quantitative estimate of drug-likeness (QED) is 0.765. The van der Waals surface area contributed by atoms with Gasteiger partial charge in [-0.25, -0.2) is 4.98 Å². The maximum absolute atomic E-state index is 5.67. The Morgan fingerprint density at radius 1 is 1.54 bits per heavy atom. The summed E-state index contributed by atoms with van der Waals surface area (Å²) in [6.45, 7) is 4.83. The number of rotatable bonds is 3. The van der Waals surface area contributed by atoms with Gasteiger partial charge in [0.1, 0.15) is 5.82 Å². The molecule has 0 bridgehead atoms. The zero-order valence-electron chi connectivity index (χ0n) is 8.38. The fourth-order valence-corrected chi connectivity index (χ4v) is 1.98. The Morgan fingerprint density at radius 3 is 2.69 bits per heavy atom. The van der Waals surface area contributed by atoms with Crippen LogP contribution in [0.5, 0.6) is 0 Å². The van der Waals surface area contributed by atoms with Gasteiger partial charge in [0.2, 0.25) is 0 Å². The van der Waals surface area contributed by atoms with Crippen LogP contribution in [0.25, 0.3) is 0 Å². The average Bonchev–Trinajstić information content (AvgIpc) is 2.90. The van der Waals surface area contributed by atoms with Gasteiger partial charge in [0.05, 0.1) is 12.2 Å². The lowest BCUT2D eigenvalue weighted by atomic mass is 10.3. The minimum Gasteiger partial charge on any atom is -0.328 e. The van der Waals surface area contributed by atoms with Gasteiger partial charge in [-0.3, -0.25) is 0 Å². The van der Waals surface area contributed by atoms with Gasteiger partial charge in [0, 0.05) is 11.7 Å². The van der Waals surface area contributed by atoms with Gasteiger partial charge in [-0.2, -0.15) is 0 Å². The summed E-state index contributed by atoms with van der Waals surface area (Å²) in [5.74, 6) is 1.07. The van der Waals surface area contributed by atoms with E-state index in [0.29, 0.717) is 12.6 Å². The van der Waals surface area contributed by atoms with Crippen LogP contribution in [0.1, 0.15) is 43.0 Å². The van der Waals surface area contributed by atoms with E-state index < -0.39 is 0 Å². The first-order valence-corrected chi connectivity index (χ1v) is 5.04. The van der Waals surface area contributed by atoms with Crippen molar-refractivity contribution in [2.45, 2.75) is 45.7 Å². The first kappa shape index (κ1) is 8.75. The van der Waals surface area contributed by atoms with Crippen molar-refractivity contribution in [1.82, 2.24) is 9.55 Å². The fraction of sp³-hybridized carbons (Fsp3) is 0.700. The van der Waals surface area contributed by atoms with Crippen molar-refractivity contribution in [2.75, 3.05) is 0 Å². The number of aromatic nitrogens is 2. The molecule has 0 aliphatic heterocycles. The zero-order chi connectivity index (χ0) is 9.42. The third-order valence-electron chi connectivity index (χ3n) is 2.71. The van der Waals surface area contributed by atoms with Gasteiger partial charge in [-0.15, -0.1) is 0 Å². The molecular weight excluding hydrogens is 162 g/mol. The van der Waals surface area contributed by atoms with E-state index in [-0.39, 0.29) is 0 Å². The van der Waals surface area contributed by atoms with Gasteiger partial charge in [0.25, 0.3) is 0 Å². The maximum Gasteiger partial charge on any atom is 0.123 e. The van der Waals surface area contributed by atoms with Crippen LogP contribution in [0.3, 0.4) is 0 Å². The number of imidazole rings is 1. The predicted octanol–water partition coefficient (Wildman–Crippen LogP) is 1.55. The summed E-state index contributed by atoms with van der Waals surface area (Å²) in [6, 6.07) is 0.703. The standard InChI is InChI=1S/C10H17N3/c1-3-9-7(2)12-10(6-11)13(9)8-4-5-8/h8H,3-6,11H2,1-2H3. The number of aryl methyl sites for hydroxylation is 1. The summed E-state index contributed by atoms with van der Waals surface area (Å²) < 4.78 is 2.36. The first-order chi connectivity index (χ1) is 6.27. The maximum atomic E-state index is 5.67. The molecule has 1 fully saturated rings. The summed E-state index contributed by atoms with van der Waals surface area (Å²) in [7, 11) is 0. The van der Waals surface area contributed by atoms with Crippen molar-refractivity contribution in [1.29, 1.82) is 0 Å². The van der Waals surface area contributed by atoms with Gasteiger partial charge < -0.3 is 10.3 Å². The molecule has 0 radical (unpaired) electrons. The van der Waals surface area contributed by atoms with Crippen molar-refractivity contribution in [3.8, 4) is 0 Å². The summed E-state index contributed by atoms with van der Waals surface area (Å²) in [5.41, 5.74) is 8.21. The summed E-state index contributed by atoms with van der Waals surface area (Å²) in [5, 5.41) is 0. The van der Waals surface area contributed by atoms with Crippen molar-refractivity contribution >= 4 is 0 Å². The summed E-state index contributed by atoms with van der Waals surface area (Å²) >= 11 is 0. The summed E-state index contributed by atoms with van der Waals surface area (Å²) in [4.78, 5) is 4.50. The van der Waals surface area contributed by atoms with Crippen LogP contribution in [0.15, 0.2) is 0 Å². The molecule has 72 valence electrons. The lowest BCUT2D eigenvalue weighted by molar-refractivity contribution is 0.651. The minimum absolute atomic E-state index is 0.567. The highest BCUT2D eigenvalue weighted by Gasteiger charge is 2.28. The monoisotopic (exact) mass is 179 g/mol. The van der Waals surface area contributed by atoms with Gasteiger partial charge in [-0.05, 0) is 26.2 Å². The Bertz CT molecular complexity index is 310. The molecule has 2 rings (SSSR count). The van der Waals surface area contributed by atoms with Crippen molar-refractivity contribution < 1.29 is 0 Å². The van der Waals surface area contributed by atoms with E-state index >= 15 is 0 Å². The van der Waals surface area contributed by atoms with E-state index in [1.54, 1.807) is 0 Å². The molecule has 0 unspecified atom stereocenters. The topological polar surface area (TPSA) is 43.8 Å². The largest absolute Gasteiger partial charge is 0.328 e. The Balaban J connectivity index is 2.45. The highest BCUT2D eigenvalue weighted by molar-refractivity contribution is 5.18. The molecule has 2 N–H and O–H groups in total. The number of hydrogen-bond donors (Lipinski definition) is 1. The second-order valence-electron chi connectivity index (χ2n) is 3.72. The van der Waals surface area contributed by atoms with Crippen LogP contribution in [0, 0.1) is 6.92 Å². The van der Waals surface area contributed by atoms with Crippen LogP contribution >= 0.6 is 0 Å². The van der Waals surface area contributed by atoms with E-state index in [0.717, 1.165) is 17.9 Å². The van der Waals surface area contributed by atoms with Crippen LogP contribution in [0.2, 0.25) is 0 Å². The van der Waals surface area contributed by atoms with Crippen LogP contribution in [-0.2, 0) is 13.0 Å². The van der Waals surface area contributed by atoms with Crippen molar-refractivity contribution in [3.63, 3.8) is 0 Å². The Kier molecular flexibility index (Phi) is 2.12. The van der Waals surface area contributed by atoms with Gasteiger partial charge in [0.15, 0.2) is 0 Å². The smallest absolute Gasteiger partial charge is 0.123 e. The second-order valence-corrected chi connectivity index (χ2v) is 3.72. The Labute approximate surface area is 79.0 Å². The fourth-order valence-electron chi connectivity index (χ4n) is 1.98. The molecule has 1 aliphatic rings. The molecule has 0 spiro atoms. The van der Waals surface area contributed by atoms with Crippen LogP contribution in [-0.4, -0.2) is 9.55 Å². The first-order valence-electron chi connectivity index (χ1n) is 5.04. The van der Waals surface area contributed by atoms with Crippen molar-refractivity contribution in [3.05, 3.63) is 17.2 Å². The highest BCUT2D eigenvalue weighted by Crippen LogP contribution is 2.37. The SMILES string of the molecule is CCc1c(C)nc(CN)n1C1CC1. The molecule has 1 saturated carbocycles. The molecule has 1 aromatic heterocycles. The lowest BCUT2D eigenvalue weighted by Crippen LogP contribution is -2.09. The van der Waals surface area contributed by atoms with E-state index in [1.165, 1.54) is 18.5 Å². The molecule has 1 heterocycles. The molecule has 13 heavy (non-hydrogen) atoms. The molecule has 0 amide bonds. The Hall–Kier alpha value is -0.830. The number of hydrogen-bond acceptors (Lipinski definition) is 2. The van der Waals surface area contributed by atoms with E-state index in [4.69, 9.17) is 5.73 Å². The molecule has 1 aromatic rings. The van der Waals surface area contributed by atoms with Gasteiger partial charge >= 0.3 is 0 Å². The third kappa shape index (κ3) is 1.37. The van der Waals surface area contributed by atoms with Crippen LogP contribution in [0.4, 0.5) is 0 Å². The molecule has 0 atom stereocenters. The van der Waals surface area contributed by atoms with E-state index in [1.807, 2.05) is 0 Å². The Morgan fingerprint density at radius 2 is 2.23 bits per heavy atom. The highest BCUT2D eigenvalue weighted by atomic mass is 15.1. The van der Waals surface area contributed by atoms with Crippen LogP contribution < -0.4 is 5.73 Å². The average molecular weight is 179 g/mol. The molecule has 1 aliphatic carbocycles. The minimum atomic E-state index is 0.567. The molecule has 3 heteroatoms. The number of nitrogens with zero attached hydrogens (tertiary/aromatic N) is 2.